The normalized spacial score (nSPS) is 12.1. The Hall–Kier alpha value is -4.40. The average Bonchev–Trinajstić information content (AvgIpc) is 3.51. The zero-order valence-corrected chi connectivity index (χ0v) is 25.3. The predicted molar refractivity (Wildman–Crippen MR) is 159 cm³/mol. The van der Waals surface area contributed by atoms with Crippen molar-refractivity contribution in [1.29, 1.82) is 5.26 Å². The maximum Gasteiger partial charge on any atom is 0.413 e. The SMILES string of the molecule is CC(C(=O)Nc1cc(-c2ccc(Cl)cc2Cl)no1)c1ccc(-c2nn(C(C)C)c(NC(=O)OC(C)(C)C)c2C#N)cn1. The monoisotopic (exact) mass is 609 g/mol. The Bertz CT molecular complexity index is 1660. The molecule has 13 heteroatoms. The summed E-state index contributed by atoms with van der Waals surface area (Å²) in [5.74, 6) is -0.655. The first-order valence-electron chi connectivity index (χ1n) is 13.0. The smallest absolute Gasteiger partial charge is 0.413 e. The fraction of sp³-hybridized carbons (Fsp3) is 0.310. The summed E-state index contributed by atoms with van der Waals surface area (Å²) in [6.07, 6.45) is 0.829. The minimum atomic E-state index is -0.717. The summed E-state index contributed by atoms with van der Waals surface area (Å²) < 4.78 is 12.2. The molecule has 0 saturated carbocycles. The number of carbonyl (C=O) groups excluding carboxylic acids is 2. The third kappa shape index (κ3) is 6.90. The summed E-state index contributed by atoms with van der Waals surface area (Å²) in [7, 11) is 0. The van der Waals surface area contributed by atoms with E-state index in [1.54, 1.807) is 68.8 Å². The number of nitriles is 1. The number of halogens is 2. The Morgan fingerprint density at radius 1 is 1.10 bits per heavy atom. The third-order valence-corrected chi connectivity index (χ3v) is 6.54. The molecule has 0 bridgehead atoms. The van der Waals surface area contributed by atoms with Crippen LogP contribution in [-0.2, 0) is 9.53 Å². The van der Waals surface area contributed by atoms with Gasteiger partial charge in [-0.1, -0.05) is 28.4 Å². The topological polar surface area (TPSA) is 148 Å². The quantitative estimate of drug-likeness (QED) is 0.219. The first-order valence-corrected chi connectivity index (χ1v) is 13.7. The van der Waals surface area contributed by atoms with Gasteiger partial charge in [0.2, 0.25) is 11.8 Å². The number of nitrogens with zero attached hydrogens (tertiary/aromatic N) is 5. The molecule has 4 aromatic rings. The van der Waals surface area contributed by atoms with E-state index in [2.05, 4.69) is 31.9 Å². The first kappa shape index (κ1) is 30.6. The number of anilines is 2. The number of hydrogen-bond acceptors (Lipinski definition) is 8. The Morgan fingerprint density at radius 2 is 1.83 bits per heavy atom. The van der Waals surface area contributed by atoms with E-state index in [1.807, 2.05) is 13.8 Å². The Labute approximate surface area is 252 Å². The zero-order valence-electron chi connectivity index (χ0n) is 23.8. The molecule has 2 amide bonds. The van der Waals surface area contributed by atoms with Crippen LogP contribution in [0.3, 0.4) is 0 Å². The number of hydrogen-bond donors (Lipinski definition) is 2. The van der Waals surface area contributed by atoms with E-state index in [9.17, 15) is 14.9 Å². The van der Waals surface area contributed by atoms with Gasteiger partial charge in [0.05, 0.1) is 16.6 Å². The third-order valence-electron chi connectivity index (χ3n) is 5.99. The number of amides is 2. The van der Waals surface area contributed by atoms with E-state index in [4.69, 9.17) is 32.5 Å². The van der Waals surface area contributed by atoms with Gasteiger partial charge in [0, 0.05) is 34.5 Å². The van der Waals surface area contributed by atoms with Gasteiger partial charge in [0.1, 0.15) is 28.6 Å². The van der Waals surface area contributed by atoms with Crippen molar-refractivity contribution in [1.82, 2.24) is 19.9 Å². The highest BCUT2D eigenvalue weighted by Crippen LogP contribution is 2.33. The van der Waals surface area contributed by atoms with Crippen molar-refractivity contribution in [3.05, 3.63) is 63.9 Å². The molecule has 42 heavy (non-hydrogen) atoms. The minimum absolute atomic E-state index is 0.146. The lowest BCUT2D eigenvalue weighted by Crippen LogP contribution is -2.28. The van der Waals surface area contributed by atoms with Gasteiger partial charge in [-0.05, 0) is 71.9 Å². The van der Waals surface area contributed by atoms with Crippen LogP contribution in [0, 0.1) is 11.3 Å². The molecule has 3 aromatic heterocycles. The van der Waals surface area contributed by atoms with E-state index in [0.29, 0.717) is 38.3 Å². The van der Waals surface area contributed by atoms with Gasteiger partial charge in [0.25, 0.3) is 0 Å². The molecule has 11 nitrogen and oxygen atoms in total. The highest BCUT2D eigenvalue weighted by molar-refractivity contribution is 6.36. The van der Waals surface area contributed by atoms with Gasteiger partial charge in [0.15, 0.2) is 5.82 Å². The van der Waals surface area contributed by atoms with Crippen molar-refractivity contribution in [3.63, 3.8) is 0 Å². The van der Waals surface area contributed by atoms with Gasteiger partial charge in [-0.2, -0.15) is 10.4 Å². The zero-order chi connectivity index (χ0) is 30.8. The Balaban J connectivity index is 1.52. The van der Waals surface area contributed by atoms with Crippen molar-refractivity contribution in [2.45, 2.75) is 59.1 Å². The van der Waals surface area contributed by atoms with Gasteiger partial charge in [-0.3, -0.25) is 20.4 Å². The number of carbonyl (C=O) groups is 2. The van der Waals surface area contributed by atoms with Crippen LogP contribution < -0.4 is 10.6 Å². The van der Waals surface area contributed by atoms with Gasteiger partial charge in [-0.15, -0.1) is 0 Å². The highest BCUT2D eigenvalue weighted by atomic mass is 35.5. The average molecular weight is 611 g/mol. The summed E-state index contributed by atoms with van der Waals surface area (Å²) in [6, 6.07) is 11.9. The molecule has 4 rings (SSSR count). The number of benzene rings is 1. The van der Waals surface area contributed by atoms with Crippen molar-refractivity contribution in [3.8, 4) is 28.6 Å². The molecule has 1 atom stereocenters. The molecular weight excluding hydrogens is 581 g/mol. The predicted octanol–water partition coefficient (Wildman–Crippen LogP) is 7.45. The van der Waals surface area contributed by atoms with E-state index in [1.165, 1.54) is 6.20 Å². The second-order valence-corrected chi connectivity index (χ2v) is 11.6. The lowest BCUT2D eigenvalue weighted by Gasteiger charge is -2.20. The van der Waals surface area contributed by atoms with Crippen molar-refractivity contribution in [2.75, 3.05) is 10.6 Å². The lowest BCUT2D eigenvalue weighted by atomic mass is 10.0. The van der Waals surface area contributed by atoms with E-state index >= 15 is 0 Å². The van der Waals surface area contributed by atoms with Gasteiger partial charge < -0.3 is 9.26 Å². The lowest BCUT2D eigenvalue weighted by molar-refractivity contribution is -0.117. The standard InChI is InChI=1S/C29H29Cl2N7O4/c1-15(2)38-26(35-28(40)41-29(4,5)6)20(13-32)25(36-38)17-7-10-22(33-14-17)16(3)27(39)34-24-12-23(37-42-24)19-9-8-18(30)11-21(19)31/h7-12,14-16H,1-6H3,(H,34,39)(H,35,40). The van der Waals surface area contributed by atoms with Crippen LogP contribution >= 0.6 is 23.2 Å². The largest absolute Gasteiger partial charge is 0.444 e. The van der Waals surface area contributed by atoms with Gasteiger partial charge >= 0.3 is 6.09 Å². The molecule has 1 unspecified atom stereocenters. The van der Waals surface area contributed by atoms with Crippen LogP contribution in [-0.4, -0.2) is 37.5 Å². The van der Waals surface area contributed by atoms with Crippen LogP contribution in [0.2, 0.25) is 10.0 Å². The second-order valence-electron chi connectivity index (χ2n) is 10.7. The number of pyridine rings is 1. The summed E-state index contributed by atoms with van der Waals surface area (Å²) >= 11 is 12.2. The molecule has 218 valence electrons. The fourth-order valence-electron chi connectivity index (χ4n) is 3.96. The first-order chi connectivity index (χ1) is 19.8. The Kier molecular flexibility index (Phi) is 8.89. The Morgan fingerprint density at radius 3 is 2.43 bits per heavy atom. The van der Waals surface area contributed by atoms with Crippen molar-refractivity contribution >= 4 is 46.9 Å². The molecule has 0 aliphatic rings. The molecule has 3 heterocycles. The van der Waals surface area contributed by atoms with Crippen LogP contribution in [0.1, 0.15) is 64.8 Å². The molecule has 2 N–H and O–H groups in total. The number of rotatable bonds is 7. The molecule has 0 radical (unpaired) electrons. The molecular formula is C29H29Cl2N7O4. The summed E-state index contributed by atoms with van der Waals surface area (Å²) in [6.45, 7) is 10.7. The molecule has 0 aliphatic heterocycles. The number of nitrogens with one attached hydrogen (secondary N) is 2. The maximum absolute atomic E-state index is 13.0. The van der Waals surface area contributed by atoms with E-state index in [-0.39, 0.29) is 29.2 Å². The fourth-order valence-corrected chi connectivity index (χ4v) is 4.47. The molecule has 0 saturated heterocycles. The van der Waals surface area contributed by atoms with Crippen LogP contribution in [0.5, 0.6) is 0 Å². The summed E-state index contributed by atoms with van der Waals surface area (Å²) in [5, 5.41) is 24.8. The van der Waals surface area contributed by atoms with Crippen LogP contribution in [0.15, 0.2) is 47.1 Å². The molecule has 0 fully saturated rings. The second kappa shape index (κ2) is 12.2. The summed E-state index contributed by atoms with van der Waals surface area (Å²) in [5.41, 5.74) is 1.85. The van der Waals surface area contributed by atoms with E-state index in [0.717, 1.165) is 0 Å². The van der Waals surface area contributed by atoms with E-state index < -0.39 is 17.6 Å². The minimum Gasteiger partial charge on any atom is -0.444 e. The molecule has 0 spiro atoms. The van der Waals surface area contributed by atoms with Gasteiger partial charge in [-0.25, -0.2) is 9.48 Å². The molecule has 0 aliphatic carbocycles. The number of aromatic nitrogens is 4. The highest BCUT2D eigenvalue weighted by Gasteiger charge is 2.26. The van der Waals surface area contributed by atoms with Crippen molar-refractivity contribution in [2.24, 2.45) is 0 Å². The number of ether oxygens (including phenoxy) is 1. The van der Waals surface area contributed by atoms with Crippen LogP contribution in [0.4, 0.5) is 16.5 Å². The molecule has 1 aromatic carbocycles. The van der Waals surface area contributed by atoms with Crippen molar-refractivity contribution < 1.29 is 18.8 Å². The van der Waals surface area contributed by atoms with Crippen LogP contribution in [0.25, 0.3) is 22.5 Å². The summed E-state index contributed by atoms with van der Waals surface area (Å²) in [4.78, 5) is 29.9. The maximum atomic E-state index is 13.0.